The molecule has 0 bridgehead atoms. The van der Waals surface area contributed by atoms with E-state index >= 15 is 0 Å². The SMILES string of the molecule is CCCCNC(=O)COc1ccc(Br)cc1CC(N)CC. The maximum absolute atomic E-state index is 11.7. The summed E-state index contributed by atoms with van der Waals surface area (Å²) in [5.41, 5.74) is 7.04. The molecule has 0 saturated carbocycles. The van der Waals surface area contributed by atoms with Gasteiger partial charge >= 0.3 is 0 Å². The molecule has 4 nitrogen and oxygen atoms in total. The van der Waals surface area contributed by atoms with E-state index in [0.717, 1.165) is 41.5 Å². The molecular weight excluding hydrogens is 332 g/mol. The van der Waals surface area contributed by atoms with Gasteiger partial charge in [-0.2, -0.15) is 0 Å². The van der Waals surface area contributed by atoms with Gasteiger partial charge in [0.25, 0.3) is 5.91 Å². The number of ether oxygens (including phenoxy) is 1. The van der Waals surface area contributed by atoms with Crippen LogP contribution in [0, 0.1) is 0 Å². The van der Waals surface area contributed by atoms with Crippen LogP contribution < -0.4 is 15.8 Å². The fourth-order valence-electron chi connectivity index (χ4n) is 1.87. The Hall–Kier alpha value is -1.07. The molecule has 1 amide bonds. The predicted octanol–water partition coefficient (Wildman–Crippen LogP) is 3.02. The van der Waals surface area contributed by atoms with E-state index < -0.39 is 0 Å². The van der Waals surface area contributed by atoms with Gasteiger partial charge in [0.2, 0.25) is 0 Å². The van der Waals surface area contributed by atoms with E-state index in [4.69, 9.17) is 10.5 Å². The number of carbonyl (C=O) groups is 1. The summed E-state index contributed by atoms with van der Waals surface area (Å²) in [7, 11) is 0. The summed E-state index contributed by atoms with van der Waals surface area (Å²) in [5.74, 6) is 0.643. The lowest BCUT2D eigenvalue weighted by Crippen LogP contribution is -2.30. The zero-order valence-corrected chi connectivity index (χ0v) is 14.4. The van der Waals surface area contributed by atoms with Gasteiger partial charge in [-0.1, -0.05) is 36.2 Å². The Bertz CT molecular complexity index is 452. The molecule has 0 aliphatic carbocycles. The number of halogens is 1. The van der Waals surface area contributed by atoms with Crippen LogP contribution in [0.2, 0.25) is 0 Å². The summed E-state index contributed by atoms with van der Waals surface area (Å²) < 4.78 is 6.63. The maximum atomic E-state index is 11.7. The van der Waals surface area contributed by atoms with Crippen molar-refractivity contribution in [1.29, 1.82) is 0 Å². The summed E-state index contributed by atoms with van der Waals surface area (Å²) >= 11 is 3.45. The lowest BCUT2D eigenvalue weighted by Gasteiger charge is -2.15. The second-order valence-corrected chi connectivity index (χ2v) is 6.03. The number of carbonyl (C=O) groups excluding carboxylic acids is 1. The molecule has 1 aromatic carbocycles. The van der Waals surface area contributed by atoms with E-state index in [0.29, 0.717) is 6.54 Å². The molecule has 1 atom stereocenters. The number of nitrogens with two attached hydrogens (primary N) is 1. The minimum atomic E-state index is -0.0860. The number of hydrogen-bond donors (Lipinski definition) is 2. The summed E-state index contributed by atoms with van der Waals surface area (Å²) in [6.45, 7) is 4.89. The molecule has 0 aliphatic rings. The maximum Gasteiger partial charge on any atom is 0.257 e. The van der Waals surface area contributed by atoms with Gasteiger partial charge in [-0.15, -0.1) is 0 Å². The largest absolute Gasteiger partial charge is 0.483 e. The lowest BCUT2D eigenvalue weighted by molar-refractivity contribution is -0.123. The van der Waals surface area contributed by atoms with Crippen molar-refractivity contribution >= 4 is 21.8 Å². The molecule has 5 heteroatoms. The normalized spacial score (nSPS) is 12.0. The van der Waals surface area contributed by atoms with Crippen molar-refractivity contribution in [3.63, 3.8) is 0 Å². The van der Waals surface area contributed by atoms with Crippen molar-refractivity contribution < 1.29 is 9.53 Å². The van der Waals surface area contributed by atoms with Gasteiger partial charge in [0.05, 0.1) is 0 Å². The summed E-state index contributed by atoms with van der Waals surface area (Å²) in [6, 6.07) is 5.88. The van der Waals surface area contributed by atoms with E-state index in [1.807, 2.05) is 18.2 Å². The molecule has 0 aromatic heterocycles. The predicted molar refractivity (Wildman–Crippen MR) is 89.5 cm³/mol. The third-order valence-electron chi connectivity index (χ3n) is 3.24. The van der Waals surface area contributed by atoms with Crippen molar-refractivity contribution in [2.24, 2.45) is 5.73 Å². The second-order valence-electron chi connectivity index (χ2n) is 5.12. The van der Waals surface area contributed by atoms with Crippen LogP contribution in [0.15, 0.2) is 22.7 Å². The third kappa shape index (κ3) is 6.96. The smallest absolute Gasteiger partial charge is 0.257 e. The highest BCUT2D eigenvalue weighted by Crippen LogP contribution is 2.24. The molecule has 0 aliphatic heterocycles. The van der Waals surface area contributed by atoms with Crippen molar-refractivity contribution in [3.05, 3.63) is 28.2 Å². The van der Waals surface area contributed by atoms with Gasteiger partial charge in [0.15, 0.2) is 6.61 Å². The first kappa shape index (κ1) is 18.0. The first-order valence-electron chi connectivity index (χ1n) is 7.50. The second kappa shape index (κ2) is 9.79. The van der Waals surface area contributed by atoms with Gasteiger partial charge < -0.3 is 15.8 Å². The highest BCUT2D eigenvalue weighted by Gasteiger charge is 2.10. The zero-order valence-electron chi connectivity index (χ0n) is 12.8. The monoisotopic (exact) mass is 356 g/mol. The molecule has 3 N–H and O–H groups in total. The first-order valence-corrected chi connectivity index (χ1v) is 8.29. The van der Waals surface area contributed by atoms with Crippen molar-refractivity contribution in [1.82, 2.24) is 5.32 Å². The Morgan fingerprint density at radius 1 is 1.43 bits per heavy atom. The molecule has 21 heavy (non-hydrogen) atoms. The van der Waals surface area contributed by atoms with Crippen LogP contribution in [0.5, 0.6) is 5.75 Å². The van der Waals surface area contributed by atoms with E-state index in [2.05, 4.69) is 35.1 Å². The number of unbranched alkanes of at least 4 members (excludes halogenated alkanes) is 1. The molecule has 118 valence electrons. The van der Waals surface area contributed by atoms with Gasteiger partial charge in [-0.05, 0) is 43.0 Å². The minimum absolute atomic E-state index is 0.0414. The van der Waals surface area contributed by atoms with Crippen molar-refractivity contribution in [3.8, 4) is 5.75 Å². The number of nitrogens with one attached hydrogen (secondary N) is 1. The quantitative estimate of drug-likeness (QED) is 0.668. The molecule has 1 unspecified atom stereocenters. The van der Waals surface area contributed by atoms with Gasteiger partial charge in [-0.25, -0.2) is 0 Å². The van der Waals surface area contributed by atoms with E-state index in [9.17, 15) is 4.79 Å². The van der Waals surface area contributed by atoms with Crippen LogP contribution in [0.4, 0.5) is 0 Å². The Labute approximate surface area is 135 Å². The van der Waals surface area contributed by atoms with Crippen molar-refractivity contribution in [2.75, 3.05) is 13.2 Å². The average molecular weight is 357 g/mol. The number of hydrogen-bond acceptors (Lipinski definition) is 3. The van der Waals surface area contributed by atoms with Crippen LogP contribution >= 0.6 is 15.9 Å². The molecular formula is C16H25BrN2O2. The third-order valence-corrected chi connectivity index (χ3v) is 3.73. The Morgan fingerprint density at radius 3 is 2.86 bits per heavy atom. The molecule has 1 aromatic rings. The highest BCUT2D eigenvalue weighted by atomic mass is 79.9. The van der Waals surface area contributed by atoms with Crippen LogP contribution in [0.3, 0.4) is 0 Å². The highest BCUT2D eigenvalue weighted by molar-refractivity contribution is 9.10. The zero-order chi connectivity index (χ0) is 15.7. The lowest BCUT2D eigenvalue weighted by atomic mass is 10.0. The number of rotatable bonds is 9. The molecule has 0 saturated heterocycles. The molecule has 0 fully saturated rings. The van der Waals surface area contributed by atoms with E-state index in [1.165, 1.54) is 0 Å². The van der Waals surface area contributed by atoms with Crippen molar-refractivity contribution in [2.45, 2.75) is 45.6 Å². The molecule has 1 rings (SSSR count). The topological polar surface area (TPSA) is 64.3 Å². The summed E-state index contributed by atoms with van der Waals surface area (Å²) in [4.78, 5) is 11.7. The van der Waals surface area contributed by atoms with E-state index in [1.54, 1.807) is 0 Å². The fraction of sp³-hybridized carbons (Fsp3) is 0.562. The summed E-state index contributed by atoms with van der Waals surface area (Å²) in [6.07, 6.45) is 3.69. The van der Waals surface area contributed by atoms with Crippen LogP contribution in [0.25, 0.3) is 0 Å². The molecule has 0 heterocycles. The first-order chi connectivity index (χ1) is 10.1. The Kier molecular flexibility index (Phi) is 8.38. The minimum Gasteiger partial charge on any atom is -0.483 e. The summed E-state index contributed by atoms with van der Waals surface area (Å²) in [5, 5.41) is 2.84. The van der Waals surface area contributed by atoms with Gasteiger partial charge in [0, 0.05) is 17.1 Å². The van der Waals surface area contributed by atoms with Crippen LogP contribution in [0.1, 0.15) is 38.7 Å². The Balaban J connectivity index is 2.59. The number of benzene rings is 1. The standard InChI is InChI=1S/C16H25BrN2O2/c1-3-5-8-19-16(20)11-21-15-7-6-13(17)9-12(15)10-14(18)4-2/h6-7,9,14H,3-5,8,10-11,18H2,1-2H3,(H,19,20). The Morgan fingerprint density at radius 2 is 2.19 bits per heavy atom. The van der Waals surface area contributed by atoms with Crippen LogP contribution in [-0.4, -0.2) is 25.1 Å². The van der Waals surface area contributed by atoms with E-state index in [-0.39, 0.29) is 18.6 Å². The molecule has 0 radical (unpaired) electrons. The van der Waals surface area contributed by atoms with Gasteiger partial charge in [0.1, 0.15) is 5.75 Å². The number of amides is 1. The molecule has 0 spiro atoms. The van der Waals surface area contributed by atoms with Gasteiger partial charge in [-0.3, -0.25) is 4.79 Å². The average Bonchev–Trinajstić information content (AvgIpc) is 2.46. The fourth-order valence-corrected chi connectivity index (χ4v) is 2.28. The van der Waals surface area contributed by atoms with Crippen LogP contribution in [-0.2, 0) is 11.2 Å².